The molecule has 100 valence electrons. The van der Waals surface area contributed by atoms with Gasteiger partial charge in [0, 0.05) is 0 Å². The molecular formula is C20H10N2. The molecule has 0 aliphatic heterocycles. The third-order valence-corrected chi connectivity index (χ3v) is 4.09. The summed E-state index contributed by atoms with van der Waals surface area (Å²) in [5.74, 6) is 0. The van der Waals surface area contributed by atoms with Crippen LogP contribution >= 0.6 is 0 Å². The number of nitriles is 2. The van der Waals surface area contributed by atoms with Crippen LogP contribution < -0.4 is 0 Å². The standard InChI is InChI=1S/C20H10N2/c21-11-13-1-5-17-15(9-13)3-8-20-18-6-2-14(12-22)10-16(18)4-7-19(17)20/h1-10H. The molecule has 0 saturated carbocycles. The van der Waals surface area contributed by atoms with Crippen LogP contribution in [0.3, 0.4) is 0 Å². The first-order valence-corrected chi connectivity index (χ1v) is 6.99. The molecule has 0 radical (unpaired) electrons. The van der Waals surface area contributed by atoms with E-state index in [0.717, 1.165) is 21.5 Å². The van der Waals surface area contributed by atoms with E-state index in [4.69, 9.17) is 10.5 Å². The van der Waals surface area contributed by atoms with E-state index in [0.29, 0.717) is 11.1 Å². The lowest BCUT2D eigenvalue weighted by Gasteiger charge is -2.08. The number of benzene rings is 4. The minimum atomic E-state index is 0.673. The van der Waals surface area contributed by atoms with E-state index in [1.807, 2.05) is 36.4 Å². The summed E-state index contributed by atoms with van der Waals surface area (Å²) in [7, 11) is 0. The third kappa shape index (κ3) is 1.72. The third-order valence-electron chi connectivity index (χ3n) is 4.09. The maximum absolute atomic E-state index is 9.02. The maximum Gasteiger partial charge on any atom is 0.0991 e. The Labute approximate surface area is 127 Å². The largest absolute Gasteiger partial charge is 0.192 e. The molecule has 0 heterocycles. The van der Waals surface area contributed by atoms with Gasteiger partial charge in [-0.3, -0.25) is 0 Å². The summed E-state index contributed by atoms with van der Waals surface area (Å²) in [5.41, 5.74) is 1.35. The summed E-state index contributed by atoms with van der Waals surface area (Å²) in [4.78, 5) is 0. The predicted octanol–water partition coefficient (Wildman–Crippen LogP) is 4.89. The molecular weight excluding hydrogens is 268 g/mol. The van der Waals surface area contributed by atoms with Crippen LogP contribution in [0.1, 0.15) is 11.1 Å². The van der Waals surface area contributed by atoms with Crippen molar-refractivity contribution in [1.82, 2.24) is 0 Å². The van der Waals surface area contributed by atoms with Crippen molar-refractivity contribution in [2.24, 2.45) is 0 Å². The van der Waals surface area contributed by atoms with Gasteiger partial charge >= 0.3 is 0 Å². The first kappa shape index (κ1) is 12.4. The lowest BCUT2D eigenvalue weighted by atomic mass is 9.95. The number of hydrogen-bond acceptors (Lipinski definition) is 2. The van der Waals surface area contributed by atoms with Crippen LogP contribution in [0, 0.1) is 22.7 Å². The predicted molar refractivity (Wildman–Crippen MR) is 88.4 cm³/mol. The SMILES string of the molecule is N#Cc1ccc2c(ccc3c4ccc(C#N)cc4ccc23)c1. The Morgan fingerprint density at radius 2 is 0.909 bits per heavy atom. The van der Waals surface area contributed by atoms with E-state index in [1.54, 1.807) is 0 Å². The van der Waals surface area contributed by atoms with Gasteiger partial charge in [0.1, 0.15) is 0 Å². The molecule has 22 heavy (non-hydrogen) atoms. The van der Waals surface area contributed by atoms with Gasteiger partial charge in [0.15, 0.2) is 0 Å². The highest BCUT2D eigenvalue weighted by atomic mass is 14.2. The van der Waals surface area contributed by atoms with E-state index in [9.17, 15) is 0 Å². The van der Waals surface area contributed by atoms with E-state index in [1.165, 1.54) is 10.8 Å². The second-order valence-corrected chi connectivity index (χ2v) is 5.32. The van der Waals surface area contributed by atoms with Gasteiger partial charge in [0.05, 0.1) is 23.3 Å². The molecule has 0 aliphatic carbocycles. The maximum atomic E-state index is 9.02. The fraction of sp³-hybridized carbons (Fsp3) is 0. The van der Waals surface area contributed by atoms with Crippen LogP contribution in [0.15, 0.2) is 60.7 Å². The van der Waals surface area contributed by atoms with Crippen molar-refractivity contribution in [3.8, 4) is 12.1 Å². The molecule has 0 amide bonds. The Morgan fingerprint density at radius 1 is 0.500 bits per heavy atom. The molecule has 0 aromatic heterocycles. The van der Waals surface area contributed by atoms with Crippen LogP contribution in [0.4, 0.5) is 0 Å². The average Bonchev–Trinajstić information content (AvgIpc) is 2.59. The molecule has 0 spiro atoms. The molecule has 0 bridgehead atoms. The van der Waals surface area contributed by atoms with E-state index < -0.39 is 0 Å². The Bertz CT molecular complexity index is 1050. The fourth-order valence-corrected chi connectivity index (χ4v) is 3.03. The van der Waals surface area contributed by atoms with E-state index in [2.05, 4.69) is 36.4 Å². The summed E-state index contributed by atoms with van der Waals surface area (Å²) in [5, 5.41) is 24.8. The van der Waals surface area contributed by atoms with Gasteiger partial charge in [0.2, 0.25) is 0 Å². The highest BCUT2D eigenvalue weighted by Gasteiger charge is 2.06. The molecule has 0 aliphatic rings. The number of hydrogen-bond donors (Lipinski definition) is 0. The fourth-order valence-electron chi connectivity index (χ4n) is 3.03. The van der Waals surface area contributed by atoms with Crippen molar-refractivity contribution in [2.75, 3.05) is 0 Å². The lowest BCUT2D eigenvalue weighted by molar-refractivity contribution is 1.50. The number of rotatable bonds is 0. The molecule has 0 saturated heterocycles. The van der Waals surface area contributed by atoms with Crippen LogP contribution in [-0.4, -0.2) is 0 Å². The Balaban J connectivity index is 2.14. The first-order chi connectivity index (χ1) is 10.8. The summed E-state index contributed by atoms with van der Waals surface area (Å²) in [6, 6.07) is 24.2. The van der Waals surface area contributed by atoms with Gasteiger partial charge in [-0.1, -0.05) is 36.4 Å². The monoisotopic (exact) mass is 278 g/mol. The molecule has 0 unspecified atom stereocenters. The summed E-state index contributed by atoms with van der Waals surface area (Å²) in [6.45, 7) is 0. The van der Waals surface area contributed by atoms with Crippen molar-refractivity contribution < 1.29 is 0 Å². The van der Waals surface area contributed by atoms with Gasteiger partial charge in [-0.05, 0) is 56.6 Å². The Kier molecular flexibility index (Phi) is 2.58. The van der Waals surface area contributed by atoms with Gasteiger partial charge in [-0.2, -0.15) is 10.5 Å². The number of nitrogens with zero attached hydrogens (tertiary/aromatic N) is 2. The van der Waals surface area contributed by atoms with Gasteiger partial charge in [0.25, 0.3) is 0 Å². The minimum Gasteiger partial charge on any atom is -0.192 e. The Hall–Kier alpha value is -3.36. The summed E-state index contributed by atoms with van der Waals surface area (Å²) in [6.07, 6.45) is 0. The van der Waals surface area contributed by atoms with Crippen molar-refractivity contribution >= 4 is 32.3 Å². The highest BCUT2D eigenvalue weighted by Crippen LogP contribution is 2.31. The van der Waals surface area contributed by atoms with Crippen LogP contribution in [-0.2, 0) is 0 Å². The lowest BCUT2D eigenvalue weighted by Crippen LogP contribution is -1.83. The molecule has 4 aromatic rings. The smallest absolute Gasteiger partial charge is 0.0991 e. The Morgan fingerprint density at radius 3 is 1.32 bits per heavy atom. The molecule has 4 rings (SSSR count). The molecule has 4 aromatic carbocycles. The first-order valence-electron chi connectivity index (χ1n) is 6.99. The quantitative estimate of drug-likeness (QED) is 0.430. The van der Waals surface area contributed by atoms with Crippen LogP contribution in [0.2, 0.25) is 0 Å². The van der Waals surface area contributed by atoms with E-state index >= 15 is 0 Å². The zero-order valence-electron chi connectivity index (χ0n) is 11.7. The van der Waals surface area contributed by atoms with Gasteiger partial charge < -0.3 is 0 Å². The van der Waals surface area contributed by atoms with Gasteiger partial charge in [-0.15, -0.1) is 0 Å². The van der Waals surface area contributed by atoms with Crippen molar-refractivity contribution in [3.05, 3.63) is 71.8 Å². The zero-order valence-corrected chi connectivity index (χ0v) is 11.7. The number of fused-ring (bicyclic) bond motifs is 5. The van der Waals surface area contributed by atoms with Crippen LogP contribution in [0.25, 0.3) is 32.3 Å². The van der Waals surface area contributed by atoms with Crippen molar-refractivity contribution in [1.29, 1.82) is 10.5 Å². The van der Waals surface area contributed by atoms with Crippen molar-refractivity contribution in [2.45, 2.75) is 0 Å². The average molecular weight is 278 g/mol. The minimum absolute atomic E-state index is 0.673. The second kappa shape index (κ2) is 4.58. The molecule has 0 fully saturated rings. The molecule has 0 atom stereocenters. The summed E-state index contributed by atoms with van der Waals surface area (Å²) < 4.78 is 0. The molecule has 2 nitrogen and oxygen atoms in total. The second-order valence-electron chi connectivity index (χ2n) is 5.32. The van der Waals surface area contributed by atoms with Crippen molar-refractivity contribution in [3.63, 3.8) is 0 Å². The molecule has 0 N–H and O–H groups in total. The summed E-state index contributed by atoms with van der Waals surface area (Å²) >= 11 is 0. The topological polar surface area (TPSA) is 47.6 Å². The van der Waals surface area contributed by atoms with E-state index in [-0.39, 0.29) is 0 Å². The zero-order chi connectivity index (χ0) is 15.1. The highest BCUT2D eigenvalue weighted by molar-refractivity contribution is 6.17. The van der Waals surface area contributed by atoms with Crippen LogP contribution in [0.5, 0.6) is 0 Å². The van der Waals surface area contributed by atoms with Gasteiger partial charge in [-0.25, -0.2) is 0 Å². The molecule has 2 heteroatoms. The normalized spacial score (nSPS) is 10.6.